The normalized spacial score (nSPS) is 30.5. The van der Waals surface area contributed by atoms with Crippen molar-refractivity contribution in [3.8, 4) is 0 Å². The molecule has 2 unspecified atom stereocenters. The highest BCUT2D eigenvalue weighted by Gasteiger charge is 2.50. The van der Waals surface area contributed by atoms with E-state index < -0.39 is 40.6 Å². The first-order valence-corrected chi connectivity index (χ1v) is 10.2. The topological polar surface area (TPSA) is 110 Å². The highest BCUT2D eigenvalue weighted by molar-refractivity contribution is 7.97. The Labute approximate surface area is 141 Å². The van der Waals surface area contributed by atoms with Gasteiger partial charge in [0.2, 0.25) is 0 Å². The highest BCUT2D eigenvalue weighted by Crippen LogP contribution is 2.25. The molecule has 1 rings (SSSR count). The fourth-order valence-corrected chi connectivity index (χ4v) is 5.55. The maximum absolute atomic E-state index is 10.3. The second kappa shape index (κ2) is 11.6. The van der Waals surface area contributed by atoms with E-state index in [-0.39, 0.29) is 13.2 Å². The standard InChI is InChI=1S/C16H33O6S/c1-2-3-4-5-6-7-22-14(8-17)12(19)10-23-11-13(20)16(21)15(23)9-18/h12-21H,2-11H2,1H3/q+1/t12?,13-,14+,15-,16+,23?/m1/s1. The van der Waals surface area contributed by atoms with Crippen LogP contribution in [-0.4, -0.2) is 86.5 Å². The summed E-state index contributed by atoms with van der Waals surface area (Å²) >= 11 is 0. The number of aliphatic hydroxyl groups is 5. The van der Waals surface area contributed by atoms with Crippen molar-refractivity contribution in [2.24, 2.45) is 0 Å². The van der Waals surface area contributed by atoms with Crippen molar-refractivity contribution in [1.82, 2.24) is 0 Å². The molecular formula is C16H33O6S+. The average Bonchev–Trinajstić information content (AvgIpc) is 2.80. The molecule has 1 aliphatic rings. The van der Waals surface area contributed by atoms with Gasteiger partial charge in [-0.1, -0.05) is 32.6 Å². The molecule has 138 valence electrons. The third-order valence-electron chi connectivity index (χ3n) is 4.34. The largest absolute Gasteiger partial charge is 0.394 e. The van der Waals surface area contributed by atoms with Gasteiger partial charge in [-0.3, -0.25) is 0 Å². The lowest BCUT2D eigenvalue weighted by Crippen LogP contribution is -2.42. The van der Waals surface area contributed by atoms with Crippen molar-refractivity contribution in [3.05, 3.63) is 0 Å². The van der Waals surface area contributed by atoms with Crippen LogP contribution in [0.15, 0.2) is 0 Å². The predicted molar refractivity (Wildman–Crippen MR) is 91.6 cm³/mol. The van der Waals surface area contributed by atoms with Crippen LogP contribution in [0.3, 0.4) is 0 Å². The third-order valence-corrected chi connectivity index (χ3v) is 7.17. The number of rotatable bonds is 12. The molecule has 5 N–H and O–H groups in total. The number of aliphatic hydroxyl groups excluding tert-OH is 5. The van der Waals surface area contributed by atoms with Crippen LogP contribution >= 0.6 is 0 Å². The van der Waals surface area contributed by atoms with Gasteiger partial charge >= 0.3 is 0 Å². The molecule has 1 heterocycles. The van der Waals surface area contributed by atoms with Gasteiger partial charge in [-0.25, -0.2) is 0 Å². The van der Waals surface area contributed by atoms with Crippen molar-refractivity contribution >= 4 is 10.9 Å². The number of hydrogen-bond donors (Lipinski definition) is 5. The van der Waals surface area contributed by atoms with Crippen LogP contribution in [-0.2, 0) is 15.6 Å². The summed E-state index contributed by atoms with van der Waals surface area (Å²) in [5.41, 5.74) is 0. The molecule has 0 amide bonds. The van der Waals surface area contributed by atoms with E-state index in [0.717, 1.165) is 12.8 Å². The van der Waals surface area contributed by atoms with Crippen molar-refractivity contribution in [2.45, 2.75) is 68.7 Å². The lowest BCUT2D eigenvalue weighted by atomic mass is 10.1. The quantitative estimate of drug-likeness (QED) is 0.237. The van der Waals surface area contributed by atoms with Crippen LogP contribution in [0.25, 0.3) is 0 Å². The van der Waals surface area contributed by atoms with E-state index in [1.807, 2.05) is 0 Å². The second-order valence-corrected chi connectivity index (χ2v) is 8.57. The van der Waals surface area contributed by atoms with E-state index in [1.165, 1.54) is 19.3 Å². The SMILES string of the molecule is CCCCCCCO[C@@H](CO)C(O)C[S+]1C[C@@H](O)[C@H](O)[C@H]1CO. The number of hydrogen-bond acceptors (Lipinski definition) is 6. The zero-order valence-electron chi connectivity index (χ0n) is 14.0. The summed E-state index contributed by atoms with van der Waals surface area (Å²) in [6.45, 7) is 2.19. The molecule has 0 aromatic rings. The summed E-state index contributed by atoms with van der Waals surface area (Å²) in [6, 6.07) is 0. The summed E-state index contributed by atoms with van der Waals surface area (Å²) in [6.07, 6.45) is 2.25. The Bertz CT molecular complexity index is 306. The van der Waals surface area contributed by atoms with Crippen molar-refractivity contribution < 1.29 is 30.3 Å². The minimum absolute atomic E-state index is 0.212. The third kappa shape index (κ3) is 6.86. The number of ether oxygens (including phenoxy) is 1. The molecule has 1 saturated heterocycles. The Kier molecular flexibility index (Phi) is 10.7. The van der Waals surface area contributed by atoms with E-state index in [1.54, 1.807) is 0 Å². The zero-order chi connectivity index (χ0) is 17.2. The van der Waals surface area contributed by atoms with Gasteiger partial charge in [0, 0.05) is 17.5 Å². The van der Waals surface area contributed by atoms with Gasteiger partial charge in [-0.2, -0.15) is 0 Å². The smallest absolute Gasteiger partial charge is 0.169 e. The summed E-state index contributed by atoms with van der Waals surface area (Å²) in [7, 11) is -0.480. The van der Waals surface area contributed by atoms with Gasteiger partial charge in [0.15, 0.2) is 5.25 Å². The van der Waals surface area contributed by atoms with E-state index in [9.17, 15) is 25.5 Å². The Hall–Kier alpha value is 0.110. The zero-order valence-corrected chi connectivity index (χ0v) is 14.8. The fourth-order valence-electron chi connectivity index (χ4n) is 2.84. The van der Waals surface area contributed by atoms with Gasteiger partial charge in [-0.15, -0.1) is 0 Å². The van der Waals surface area contributed by atoms with Gasteiger partial charge in [-0.05, 0) is 6.42 Å². The van der Waals surface area contributed by atoms with Crippen molar-refractivity contribution in [1.29, 1.82) is 0 Å². The molecule has 6 atom stereocenters. The van der Waals surface area contributed by atoms with Gasteiger partial charge in [0.05, 0.1) is 13.2 Å². The molecule has 0 aromatic carbocycles. The first kappa shape index (κ1) is 21.2. The molecular weight excluding hydrogens is 320 g/mol. The molecule has 23 heavy (non-hydrogen) atoms. The molecule has 7 heteroatoms. The van der Waals surface area contributed by atoms with Crippen LogP contribution in [0.2, 0.25) is 0 Å². The van der Waals surface area contributed by atoms with Crippen molar-refractivity contribution in [2.75, 3.05) is 31.3 Å². The summed E-state index contributed by atoms with van der Waals surface area (Å²) < 4.78 is 5.58. The lowest BCUT2D eigenvalue weighted by Gasteiger charge is -2.22. The van der Waals surface area contributed by atoms with E-state index in [0.29, 0.717) is 18.1 Å². The monoisotopic (exact) mass is 353 g/mol. The first-order valence-electron chi connectivity index (χ1n) is 8.58. The molecule has 1 aliphatic heterocycles. The molecule has 0 radical (unpaired) electrons. The molecule has 6 nitrogen and oxygen atoms in total. The van der Waals surface area contributed by atoms with Crippen LogP contribution in [0.1, 0.15) is 39.0 Å². The Morgan fingerprint density at radius 3 is 2.43 bits per heavy atom. The summed E-state index contributed by atoms with van der Waals surface area (Å²) in [5, 5.41) is 48.1. The average molecular weight is 354 g/mol. The molecule has 0 aliphatic carbocycles. The Morgan fingerprint density at radius 1 is 1.13 bits per heavy atom. The summed E-state index contributed by atoms with van der Waals surface area (Å²) in [4.78, 5) is 0. The van der Waals surface area contributed by atoms with Crippen LogP contribution in [0, 0.1) is 0 Å². The molecule has 0 bridgehead atoms. The highest BCUT2D eigenvalue weighted by atomic mass is 32.2. The minimum Gasteiger partial charge on any atom is -0.394 e. The minimum atomic E-state index is -0.942. The lowest BCUT2D eigenvalue weighted by molar-refractivity contribution is -0.0555. The Balaban J connectivity index is 2.34. The Morgan fingerprint density at radius 2 is 1.83 bits per heavy atom. The van der Waals surface area contributed by atoms with Crippen LogP contribution in [0.4, 0.5) is 0 Å². The molecule has 0 spiro atoms. The molecule has 0 aromatic heterocycles. The molecule has 1 fully saturated rings. The first-order chi connectivity index (χ1) is 11.0. The summed E-state index contributed by atoms with van der Waals surface area (Å²) in [5.74, 6) is 0.693. The van der Waals surface area contributed by atoms with Gasteiger partial charge in [0.1, 0.15) is 35.9 Å². The fraction of sp³-hybridized carbons (Fsp3) is 1.00. The van der Waals surface area contributed by atoms with E-state index >= 15 is 0 Å². The van der Waals surface area contributed by atoms with Gasteiger partial charge in [0.25, 0.3) is 0 Å². The molecule has 0 saturated carbocycles. The predicted octanol–water partition coefficient (Wildman–Crippen LogP) is -0.590. The van der Waals surface area contributed by atoms with Gasteiger partial charge < -0.3 is 30.3 Å². The maximum Gasteiger partial charge on any atom is 0.169 e. The van der Waals surface area contributed by atoms with Crippen LogP contribution < -0.4 is 0 Å². The van der Waals surface area contributed by atoms with E-state index in [4.69, 9.17) is 4.74 Å². The van der Waals surface area contributed by atoms with Crippen LogP contribution in [0.5, 0.6) is 0 Å². The second-order valence-electron chi connectivity index (χ2n) is 6.22. The van der Waals surface area contributed by atoms with Crippen molar-refractivity contribution in [3.63, 3.8) is 0 Å². The van der Waals surface area contributed by atoms with E-state index in [2.05, 4.69) is 6.92 Å². The number of unbranched alkanes of at least 4 members (excludes halogenated alkanes) is 4. The maximum atomic E-state index is 10.3.